The van der Waals surface area contributed by atoms with Crippen molar-refractivity contribution in [2.24, 2.45) is 0 Å². The third kappa shape index (κ3) is 4.13. The van der Waals surface area contributed by atoms with Crippen LogP contribution in [0, 0.1) is 0 Å². The van der Waals surface area contributed by atoms with E-state index in [1.165, 1.54) is 0 Å². The average molecular weight is 244 g/mol. The Bertz CT molecular complexity index is 433. The van der Waals surface area contributed by atoms with E-state index in [1.807, 2.05) is 50.2 Å². The minimum atomic E-state index is 0.403. The standard InChI is InChI=1S/2C8H10O/c2*1-2-7-5-3-4-6-8(7)9/h2*3-6,9H,2H2,1H3. The fourth-order valence-corrected chi connectivity index (χ4v) is 1.62. The molecule has 96 valence electrons. The molecule has 2 aromatic rings. The van der Waals surface area contributed by atoms with Crippen LogP contribution >= 0.6 is 0 Å². The van der Waals surface area contributed by atoms with Gasteiger partial charge in [-0.2, -0.15) is 0 Å². The molecular weight excluding hydrogens is 224 g/mol. The minimum Gasteiger partial charge on any atom is -0.508 e. The van der Waals surface area contributed by atoms with Crippen LogP contribution in [0.4, 0.5) is 0 Å². The monoisotopic (exact) mass is 244 g/mol. The lowest BCUT2D eigenvalue weighted by atomic mass is 10.1. The van der Waals surface area contributed by atoms with E-state index in [2.05, 4.69) is 0 Å². The molecule has 0 aliphatic rings. The van der Waals surface area contributed by atoms with Crippen LogP contribution in [0.15, 0.2) is 48.5 Å². The molecule has 0 heterocycles. The Morgan fingerprint density at radius 1 is 0.667 bits per heavy atom. The highest BCUT2D eigenvalue weighted by Gasteiger charge is 1.93. The zero-order valence-corrected chi connectivity index (χ0v) is 10.9. The van der Waals surface area contributed by atoms with Crippen molar-refractivity contribution in [1.82, 2.24) is 0 Å². The zero-order valence-electron chi connectivity index (χ0n) is 10.9. The number of aromatic hydroxyl groups is 2. The molecule has 0 aliphatic carbocycles. The third-order valence-electron chi connectivity index (χ3n) is 2.75. The van der Waals surface area contributed by atoms with E-state index < -0.39 is 0 Å². The van der Waals surface area contributed by atoms with Gasteiger partial charge < -0.3 is 10.2 Å². The number of aryl methyl sites for hydroxylation is 2. The SMILES string of the molecule is CCc1ccccc1O.CCc1ccccc1O. The summed E-state index contributed by atoms with van der Waals surface area (Å²) in [5, 5.41) is 18.2. The van der Waals surface area contributed by atoms with E-state index in [9.17, 15) is 0 Å². The largest absolute Gasteiger partial charge is 0.508 e. The summed E-state index contributed by atoms with van der Waals surface area (Å²) >= 11 is 0. The Morgan fingerprint density at radius 2 is 1.00 bits per heavy atom. The maximum atomic E-state index is 9.11. The first-order chi connectivity index (χ1) is 8.69. The van der Waals surface area contributed by atoms with E-state index in [-0.39, 0.29) is 0 Å². The number of hydrogen-bond donors (Lipinski definition) is 2. The topological polar surface area (TPSA) is 40.5 Å². The van der Waals surface area contributed by atoms with Gasteiger partial charge in [0.2, 0.25) is 0 Å². The predicted octanol–water partition coefficient (Wildman–Crippen LogP) is 3.91. The lowest BCUT2D eigenvalue weighted by Gasteiger charge is -1.97. The maximum absolute atomic E-state index is 9.11. The van der Waals surface area contributed by atoms with Crippen molar-refractivity contribution < 1.29 is 10.2 Å². The summed E-state index contributed by atoms with van der Waals surface area (Å²) in [6.45, 7) is 4.05. The van der Waals surface area contributed by atoms with Crippen LogP contribution in [-0.4, -0.2) is 10.2 Å². The third-order valence-corrected chi connectivity index (χ3v) is 2.75. The van der Waals surface area contributed by atoms with E-state index in [1.54, 1.807) is 12.1 Å². The molecule has 2 rings (SSSR count). The molecule has 2 N–H and O–H groups in total. The summed E-state index contributed by atoms with van der Waals surface area (Å²) in [5.41, 5.74) is 2.02. The van der Waals surface area contributed by atoms with Gasteiger partial charge in [-0.05, 0) is 36.1 Å². The molecule has 0 fully saturated rings. The number of phenols is 2. The number of benzene rings is 2. The molecule has 0 aromatic heterocycles. The van der Waals surface area contributed by atoms with Gasteiger partial charge in [-0.1, -0.05) is 50.2 Å². The van der Waals surface area contributed by atoms with Crippen molar-refractivity contribution in [3.05, 3.63) is 59.7 Å². The van der Waals surface area contributed by atoms with Crippen LogP contribution in [0.2, 0.25) is 0 Å². The van der Waals surface area contributed by atoms with Crippen LogP contribution in [0.3, 0.4) is 0 Å². The summed E-state index contributed by atoms with van der Waals surface area (Å²) in [7, 11) is 0. The van der Waals surface area contributed by atoms with Crippen molar-refractivity contribution in [2.75, 3.05) is 0 Å². The van der Waals surface area contributed by atoms with Gasteiger partial charge in [0.1, 0.15) is 11.5 Å². The molecule has 0 spiro atoms. The Morgan fingerprint density at radius 3 is 1.22 bits per heavy atom. The highest BCUT2D eigenvalue weighted by atomic mass is 16.3. The van der Waals surface area contributed by atoms with E-state index in [0.29, 0.717) is 11.5 Å². The van der Waals surface area contributed by atoms with E-state index in [4.69, 9.17) is 10.2 Å². The normalized spacial score (nSPS) is 9.44. The molecule has 0 amide bonds. The molecule has 0 aliphatic heterocycles. The molecule has 18 heavy (non-hydrogen) atoms. The molecule has 2 nitrogen and oxygen atoms in total. The predicted molar refractivity (Wildman–Crippen MR) is 75.0 cm³/mol. The second-order valence-electron chi connectivity index (χ2n) is 3.96. The van der Waals surface area contributed by atoms with Gasteiger partial charge in [-0.15, -0.1) is 0 Å². The lowest BCUT2D eigenvalue weighted by molar-refractivity contribution is 0.468. The number of rotatable bonds is 2. The average Bonchev–Trinajstić information content (AvgIpc) is 2.41. The van der Waals surface area contributed by atoms with Crippen molar-refractivity contribution in [1.29, 1.82) is 0 Å². The van der Waals surface area contributed by atoms with Crippen molar-refractivity contribution in [2.45, 2.75) is 26.7 Å². The van der Waals surface area contributed by atoms with Gasteiger partial charge in [-0.25, -0.2) is 0 Å². The summed E-state index contributed by atoms with van der Waals surface area (Å²) in [6.07, 6.45) is 1.79. The van der Waals surface area contributed by atoms with Gasteiger partial charge in [0, 0.05) is 0 Å². The van der Waals surface area contributed by atoms with Crippen LogP contribution < -0.4 is 0 Å². The second kappa shape index (κ2) is 7.38. The Balaban J connectivity index is 0.000000180. The summed E-state index contributed by atoms with van der Waals surface area (Å²) < 4.78 is 0. The summed E-state index contributed by atoms with van der Waals surface area (Å²) in [5.74, 6) is 0.806. The van der Waals surface area contributed by atoms with Crippen LogP contribution in [0.25, 0.3) is 0 Å². The number of para-hydroxylation sites is 2. The molecule has 0 saturated carbocycles. The van der Waals surface area contributed by atoms with E-state index in [0.717, 1.165) is 24.0 Å². The molecule has 0 bridgehead atoms. The minimum absolute atomic E-state index is 0.403. The van der Waals surface area contributed by atoms with E-state index >= 15 is 0 Å². The smallest absolute Gasteiger partial charge is 0.118 e. The van der Waals surface area contributed by atoms with Gasteiger partial charge in [0.05, 0.1) is 0 Å². The summed E-state index contributed by atoms with van der Waals surface area (Å²) in [6, 6.07) is 14.8. The number of phenolic OH excluding ortho intramolecular Hbond substituents is 2. The molecule has 0 radical (unpaired) electrons. The van der Waals surface area contributed by atoms with Gasteiger partial charge in [-0.3, -0.25) is 0 Å². The lowest BCUT2D eigenvalue weighted by Crippen LogP contribution is -1.77. The van der Waals surface area contributed by atoms with Gasteiger partial charge >= 0.3 is 0 Å². The molecule has 0 saturated heterocycles. The van der Waals surface area contributed by atoms with Crippen LogP contribution in [0.1, 0.15) is 25.0 Å². The first kappa shape index (κ1) is 14.1. The van der Waals surface area contributed by atoms with Crippen molar-refractivity contribution >= 4 is 0 Å². The first-order valence-corrected chi connectivity index (χ1v) is 6.22. The molecule has 0 unspecified atom stereocenters. The maximum Gasteiger partial charge on any atom is 0.118 e. The number of hydrogen-bond acceptors (Lipinski definition) is 2. The van der Waals surface area contributed by atoms with Crippen molar-refractivity contribution in [3.63, 3.8) is 0 Å². The van der Waals surface area contributed by atoms with Crippen LogP contribution in [-0.2, 0) is 12.8 Å². The first-order valence-electron chi connectivity index (χ1n) is 6.22. The highest BCUT2D eigenvalue weighted by Crippen LogP contribution is 2.15. The fourth-order valence-electron chi connectivity index (χ4n) is 1.62. The Labute approximate surface area is 109 Å². The van der Waals surface area contributed by atoms with Crippen LogP contribution in [0.5, 0.6) is 11.5 Å². The fraction of sp³-hybridized carbons (Fsp3) is 0.250. The quantitative estimate of drug-likeness (QED) is 0.840. The van der Waals surface area contributed by atoms with Gasteiger partial charge in [0.25, 0.3) is 0 Å². The Hall–Kier alpha value is -1.96. The Kier molecular flexibility index (Phi) is 5.78. The molecule has 0 atom stereocenters. The van der Waals surface area contributed by atoms with Crippen molar-refractivity contribution in [3.8, 4) is 11.5 Å². The highest BCUT2D eigenvalue weighted by molar-refractivity contribution is 5.31. The van der Waals surface area contributed by atoms with Gasteiger partial charge in [0.15, 0.2) is 0 Å². The molecule has 2 heteroatoms. The second-order valence-corrected chi connectivity index (χ2v) is 3.96. The molecule has 2 aromatic carbocycles. The summed E-state index contributed by atoms with van der Waals surface area (Å²) in [4.78, 5) is 0. The molecular formula is C16H20O2. The zero-order chi connectivity index (χ0) is 13.4.